The molecule has 0 radical (unpaired) electrons. The molecule has 6 heteroatoms. The number of aliphatic hydroxyl groups is 1. The van der Waals surface area contributed by atoms with Crippen LogP contribution in [-0.2, 0) is 11.3 Å². The Morgan fingerprint density at radius 2 is 2.00 bits per heavy atom. The maximum atomic E-state index is 10.4. The number of benzene rings is 1. The molecule has 2 unspecified atom stereocenters. The van der Waals surface area contributed by atoms with Crippen LogP contribution in [0.1, 0.15) is 32.7 Å². The fraction of sp³-hybridized carbons (Fsp3) is 0.412. The number of pyridine rings is 1. The molecule has 0 saturated carbocycles. The standard InChI is InChI=1S/C17H22AsN3O2/c1-10(23-4)16-20-13-14(21(16)9-17(2,3)22)11-7-5-6-8-12(11)19-15(13)18/h5-8,10,22H,9,18H2,1-4H3. The van der Waals surface area contributed by atoms with Crippen molar-refractivity contribution in [2.75, 3.05) is 7.11 Å². The van der Waals surface area contributed by atoms with Gasteiger partial charge < -0.3 is 0 Å². The summed E-state index contributed by atoms with van der Waals surface area (Å²) in [6.07, 6.45) is -0.157. The van der Waals surface area contributed by atoms with E-state index in [2.05, 4.69) is 15.6 Å². The molecule has 5 nitrogen and oxygen atoms in total. The average molecular weight is 375 g/mol. The molecule has 122 valence electrons. The average Bonchev–Trinajstić information content (AvgIpc) is 2.85. The molecule has 2 heterocycles. The Labute approximate surface area is 144 Å². The zero-order valence-electron chi connectivity index (χ0n) is 13.9. The predicted molar refractivity (Wildman–Crippen MR) is 94.9 cm³/mol. The van der Waals surface area contributed by atoms with E-state index >= 15 is 0 Å². The summed E-state index contributed by atoms with van der Waals surface area (Å²) in [7, 11) is 1.67. The number of para-hydroxylation sites is 1. The van der Waals surface area contributed by atoms with E-state index in [0.717, 1.165) is 32.2 Å². The van der Waals surface area contributed by atoms with Crippen LogP contribution in [-0.4, -0.2) is 49.2 Å². The number of rotatable bonds is 4. The van der Waals surface area contributed by atoms with Crippen molar-refractivity contribution in [3.05, 3.63) is 30.1 Å². The zero-order valence-corrected chi connectivity index (χ0v) is 16.3. The van der Waals surface area contributed by atoms with Crippen molar-refractivity contribution in [2.45, 2.75) is 39.0 Å². The van der Waals surface area contributed by atoms with Gasteiger partial charge in [-0.1, -0.05) is 0 Å². The molecule has 0 saturated heterocycles. The number of fused-ring (bicyclic) bond motifs is 3. The third-order valence-corrected chi connectivity index (χ3v) is 4.75. The van der Waals surface area contributed by atoms with Crippen molar-refractivity contribution in [3.63, 3.8) is 0 Å². The zero-order chi connectivity index (χ0) is 16.8. The topological polar surface area (TPSA) is 60.2 Å². The van der Waals surface area contributed by atoms with Gasteiger partial charge in [0.1, 0.15) is 0 Å². The van der Waals surface area contributed by atoms with Gasteiger partial charge in [0, 0.05) is 0 Å². The molecule has 0 fully saturated rings. The van der Waals surface area contributed by atoms with Crippen LogP contribution in [0.5, 0.6) is 0 Å². The summed E-state index contributed by atoms with van der Waals surface area (Å²) in [4.78, 5) is 9.49. The molecule has 0 aliphatic heterocycles. The summed E-state index contributed by atoms with van der Waals surface area (Å²) in [5.41, 5.74) is 2.02. The number of imidazole rings is 1. The van der Waals surface area contributed by atoms with Gasteiger partial charge >= 0.3 is 144 Å². The molecule has 0 aliphatic carbocycles. The molecule has 3 rings (SSSR count). The first-order valence-corrected chi connectivity index (χ1v) is 8.82. The van der Waals surface area contributed by atoms with E-state index < -0.39 is 5.60 Å². The molecule has 0 spiro atoms. The van der Waals surface area contributed by atoms with Gasteiger partial charge in [0.2, 0.25) is 0 Å². The molecule has 3 aromatic rings. The SMILES string of the molecule is COC(C)c1nc2c([AsH2])nc3ccccc3c2n1CC(C)(C)O. The fourth-order valence-electron chi connectivity index (χ4n) is 2.84. The molecular formula is C17H22AsN3O2. The first-order valence-electron chi connectivity index (χ1n) is 7.61. The molecule has 2 atom stereocenters. The summed E-state index contributed by atoms with van der Waals surface area (Å²) >= 11 is 1.45. The van der Waals surface area contributed by atoms with E-state index in [4.69, 9.17) is 9.72 Å². The van der Waals surface area contributed by atoms with Crippen molar-refractivity contribution in [1.82, 2.24) is 14.5 Å². The van der Waals surface area contributed by atoms with Crippen LogP contribution in [0.3, 0.4) is 0 Å². The van der Waals surface area contributed by atoms with Crippen LogP contribution >= 0.6 is 0 Å². The molecule has 23 heavy (non-hydrogen) atoms. The number of hydrogen-bond donors (Lipinski definition) is 1. The number of nitrogens with zero attached hydrogens (tertiary/aromatic N) is 3. The van der Waals surface area contributed by atoms with E-state index in [1.54, 1.807) is 21.0 Å². The second-order valence-electron chi connectivity index (χ2n) is 6.46. The van der Waals surface area contributed by atoms with Gasteiger partial charge in [0.05, 0.1) is 0 Å². The molecule has 0 aliphatic rings. The van der Waals surface area contributed by atoms with Gasteiger partial charge in [-0.15, -0.1) is 0 Å². The summed E-state index contributed by atoms with van der Waals surface area (Å²) in [5, 5.41) is 11.4. The van der Waals surface area contributed by atoms with Gasteiger partial charge in [0.15, 0.2) is 0 Å². The maximum absolute atomic E-state index is 10.4. The van der Waals surface area contributed by atoms with Crippen molar-refractivity contribution >= 4 is 43.3 Å². The van der Waals surface area contributed by atoms with E-state index in [0.29, 0.717) is 6.54 Å². The first-order chi connectivity index (χ1) is 10.8. The minimum absolute atomic E-state index is 0.157. The normalized spacial score (nSPS) is 13.8. The van der Waals surface area contributed by atoms with Crippen molar-refractivity contribution in [2.24, 2.45) is 0 Å². The Hall–Kier alpha value is -1.42. The number of hydrogen-bond acceptors (Lipinski definition) is 4. The minimum atomic E-state index is -0.848. The summed E-state index contributed by atoms with van der Waals surface area (Å²) in [6.45, 7) is 6.03. The second kappa shape index (κ2) is 5.90. The van der Waals surface area contributed by atoms with E-state index in [-0.39, 0.29) is 6.10 Å². The van der Waals surface area contributed by atoms with Gasteiger partial charge in [-0.3, -0.25) is 0 Å². The van der Waals surface area contributed by atoms with Crippen LogP contribution in [0.2, 0.25) is 0 Å². The van der Waals surface area contributed by atoms with Crippen molar-refractivity contribution in [3.8, 4) is 0 Å². The van der Waals surface area contributed by atoms with Gasteiger partial charge in [-0.25, -0.2) is 0 Å². The monoisotopic (exact) mass is 375 g/mol. The first kappa shape index (κ1) is 16.4. The Balaban J connectivity index is 2.42. The van der Waals surface area contributed by atoms with Crippen LogP contribution in [0.4, 0.5) is 0 Å². The van der Waals surface area contributed by atoms with Gasteiger partial charge in [0.25, 0.3) is 0 Å². The molecule has 1 aromatic carbocycles. The third-order valence-electron chi connectivity index (χ3n) is 3.90. The predicted octanol–water partition coefficient (Wildman–Crippen LogP) is 1.32. The van der Waals surface area contributed by atoms with Crippen LogP contribution < -0.4 is 4.48 Å². The molecule has 0 bridgehead atoms. The van der Waals surface area contributed by atoms with Crippen molar-refractivity contribution < 1.29 is 9.84 Å². The van der Waals surface area contributed by atoms with Crippen LogP contribution in [0.15, 0.2) is 24.3 Å². The number of aromatic nitrogens is 3. The van der Waals surface area contributed by atoms with Crippen LogP contribution in [0, 0.1) is 0 Å². The quantitative estimate of drug-likeness (QED) is 0.699. The second-order valence-corrected chi connectivity index (χ2v) is 7.61. The summed E-state index contributed by atoms with van der Waals surface area (Å²) < 4.78 is 8.52. The Kier molecular flexibility index (Phi) is 4.21. The van der Waals surface area contributed by atoms with Crippen LogP contribution in [0.25, 0.3) is 21.9 Å². The van der Waals surface area contributed by atoms with E-state index in [9.17, 15) is 5.11 Å². The van der Waals surface area contributed by atoms with Crippen molar-refractivity contribution in [1.29, 1.82) is 0 Å². The fourth-order valence-corrected chi connectivity index (χ4v) is 3.55. The third kappa shape index (κ3) is 3.01. The molecule has 0 amide bonds. The molecule has 2 aromatic heterocycles. The molecule has 1 N–H and O–H groups in total. The Bertz CT molecular complexity index is 868. The van der Waals surface area contributed by atoms with Gasteiger partial charge in [-0.05, 0) is 0 Å². The van der Waals surface area contributed by atoms with E-state index in [1.165, 1.54) is 16.9 Å². The Morgan fingerprint density at radius 3 is 2.65 bits per heavy atom. The van der Waals surface area contributed by atoms with Gasteiger partial charge in [-0.2, -0.15) is 0 Å². The summed E-state index contributed by atoms with van der Waals surface area (Å²) in [6, 6.07) is 8.06. The Morgan fingerprint density at radius 1 is 1.30 bits per heavy atom. The summed E-state index contributed by atoms with van der Waals surface area (Å²) in [5.74, 6) is 0.821. The van der Waals surface area contributed by atoms with E-state index in [1.807, 2.05) is 25.1 Å². The number of ether oxygens (including phenoxy) is 1. The molecular weight excluding hydrogens is 353 g/mol. The number of methoxy groups -OCH3 is 1.